The minimum absolute atomic E-state index is 0.0960. The van der Waals surface area contributed by atoms with Crippen LogP contribution in [-0.2, 0) is 4.79 Å². The topological polar surface area (TPSA) is 54.0 Å². The van der Waals surface area contributed by atoms with Gasteiger partial charge in [-0.25, -0.2) is 4.98 Å². The molecule has 5 heteroatoms. The monoisotopic (exact) mass is 227 g/mol. The Hall–Kier alpha value is -0.940. The first-order chi connectivity index (χ1) is 7.24. The van der Waals surface area contributed by atoms with E-state index >= 15 is 0 Å². The van der Waals surface area contributed by atoms with E-state index in [1.54, 1.807) is 18.4 Å². The van der Waals surface area contributed by atoms with Crippen LogP contribution in [-0.4, -0.2) is 24.5 Å². The van der Waals surface area contributed by atoms with Crippen LogP contribution in [0.15, 0.2) is 11.6 Å². The highest BCUT2D eigenvalue weighted by Gasteiger charge is 2.06. The highest BCUT2D eigenvalue weighted by molar-refractivity contribution is 7.09. The maximum Gasteiger partial charge on any atom is 0.219 e. The van der Waals surface area contributed by atoms with Crippen molar-refractivity contribution in [3.05, 3.63) is 16.6 Å². The van der Waals surface area contributed by atoms with Crippen LogP contribution in [0.25, 0.3) is 0 Å². The van der Waals surface area contributed by atoms with Crippen LogP contribution in [0.2, 0.25) is 0 Å². The fourth-order valence-corrected chi connectivity index (χ4v) is 1.90. The van der Waals surface area contributed by atoms with Gasteiger partial charge in [0.25, 0.3) is 0 Å². The van der Waals surface area contributed by atoms with Crippen LogP contribution >= 0.6 is 11.3 Å². The van der Waals surface area contributed by atoms with Gasteiger partial charge in [0.2, 0.25) is 5.91 Å². The molecule has 1 rings (SSSR count). The Labute approximate surface area is 94.1 Å². The lowest BCUT2D eigenvalue weighted by atomic mass is 10.2. The van der Waals surface area contributed by atoms with E-state index in [4.69, 9.17) is 0 Å². The van der Waals surface area contributed by atoms with E-state index in [0.717, 1.165) is 18.0 Å². The fraction of sp³-hybridized carbons (Fsp3) is 0.600. The summed E-state index contributed by atoms with van der Waals surface area (Å²) in [4.78, 5) is 15.2. The number of thiazole rings is 1. The molecule has 0 bridgehead atoms. The third-order valence-electron chi connectivity index (χ3n) is 2.13. The van der Waals surface area contributed by atoms with Crippen LogP contribution in [0.3, 0.4) is 0 Å². The highest BCUT2D eigenvalue weighted by atomic mass is 32.1. The van der Waals surface area contributed by atoms with Gasteiger partial charge in [-0.05, 0) is 19.9 Å². The van der Waals surface area contributed by atoms with Crippen molar-refractivity contribution in [1.82, 2.24) is 15.6 Å². The number of aromatic nitrogens is 1. The minimum Gasteiger partial charge on any atom is -0.359 e. The Morgan fingerprint density at radius 2 is 2.47 bits per heavy atom. The number of rotatable bonds is 6. The predicted octanol–water partition coefficient (Wildman–Crippen LogP) is 1.32. The lowest BCUT2D eigenvalue weighted by molar-refractivity contribution is -0.120. The van der Waals surface area contributed by atoms with Crippen molar-refractivity contribution in [1.29, 1.82) is 0 Å². The average molecular weight is 227 g/mol. The maximum absolute atomic E-state index is 10.9. The molecule has 0 fully saturated rings. The SMILES string of the molecule is CNC(=O)CCCNC(C)c1nccs1. The third kappa shape index (κ3) is 4.40. The second-order valence-corrected chi connectivity index (χ2v) is 4.25. The largest absolute Gasteiger partial charge is 0.359 e. The molecule has 15 heavy (non-hydrogen) atoms. The van der Waals surface area contributed by atoms with Crippen LogP contribution in [0.1, 0.15) is 30.8 Å². The summed E-state index contributed by atoms with van der Waals surface area (Å²) in [5.41, 5.74) is 0. The average Bonchev–Trinajstić information content (AvgIpc) is 2.77. The quantitative estimate of drug-likeness (QED) is 0.721. The summed E-state index contributed by atoms with van der Waals surface area (Å²) in [6.45, 7) is 2.92. The van der Waals surface area contributed by atoms with Gasteiger partial charge in [-0.2, -0.15) is 0 Å². The summed E-state index contributed by atoms with van der Waals surface area (Å²) < 4.78 is 0. The molecule has 1 heterocycles. The molecule has 1 atom stereocenters. The molecule has 4 nitrogen and oxygen atoms in total. The van der Waals surface area contributed by atoms with Crippen molar-refractivity contribution in [2.45, 2.75) is 25.8 Å². The number of carbonyl (C=O) groups excluding carboxylic acids is 1. The van der Waals surface area contributed by atoms with E-state index in [0.29, 0.717) is 6.42 Å². The molecule has 0 aliphatic heterocycles. The number of hydrogen-bond acceptors (Lipinski definition) is 4. The molecule has 1 amide bonds. The van der Waals surface area contributed by atoms with Crippen molar-refractivity contribution < 1.29 is 4.79 Å². The van der Waals surface area contributed by atoms with E-state index in [9.17, 15) is 4.79 Å². The first-order valence-electron chi connectivity index (χ1n) is 5.07. The molecule has 1 unspecified atom stereocenters. The number of carbonyl (C=O) groups is 1. The van der Waals surface area contributed by atoms with Crippen molar-refractivity contribution >= 4 is 17.2 Å². The normalized spacial score (nSPS) is 12.4. The van der Waals surface area contributed by atoms with Crippen LogP contribution in [0.5, 0.6) is 0 Å². The van der Waals surface area contributed by atoms with E-state index in [1.165, 1.54) is 0 Å². The molecule has 0 radical (unpaired) electrons. The van der Waals surface area contributed by atoms with E-state index in [2.05, 4.69) is 22.5 Å². The molecule has 0 aliphatic rings. The molecule has 1 aromatic rings. The molecule has 2 N–H and O–H groups in total. The molecular formula is C10H17N3OS. The summed E-state index contributed by atoms with van der Waals surface area (Å²) in [7, 11) is 1.66. The molecular weight excluding hydrogens is 210 g/mol. The van der Waals surface area contributed by atoms with Gasteiger partial charge in [0.15, 0.2) is 0 Å². The van der Waals surface area contributed by atoms with Gasteiger partial charge >= 0.3 is 0 Å². The van der Waals surface area contributed by atoms with Crippen LogP contribution < -0.4 is 10.6 Å². The molecule has 84 valence electrons. The Balaban J connectivity index is 2.13. The lowest BCUT2D eigenvalue weighted by Crippen LogP contribution is -2.23. The Morgan fingerprint density at radius 3 is 3.07 bits per heavy atom. The molecule has 0 spiro atoms. The maximum atomic E-state index is 10.9. The standard InChI is InChI=1S/C10H17N3OS/c1-8(10-13-6-7-15-10)12-5-3-4-9(14)11-2/h6-8,12H,3-5H2,1-2H3,(H,11,14). The van der Waals surface area contributed by atoms with Crippen LogP contribution in [0.4, 0.5) is 0 Å². The van der Waals surface area contributed by atoms with Gasteiger partial charge in [-0.3, -0.25) is 4.79 Å². The van der Waals surface area contributed by atoms with Crippen molar-refractivity contribution in [2.75, 3.05) is 13.6 Å². The molecule has 0 aliphatic carbocycles. The summed E-state index contributed by atoms with van der Waals surface area (Å²) in [5.74, 6) is 0.0960. The molecule has 0 saturated heterocycles. The van der Waals surface area contributed by atoms with E-state index < -0.39 is 0 Å². The predicted molar refractivity (Wildman–Crippen MR) is 61.8 cm³/mol. The van der Waals surface area contributed by atoms with Gasteiger partial charge in [0, 0.05) is 25.0 Å². The van der Waals surface area contributed by atoms with E-state index in [1.807, 2.05) is 11.6 Å². The Morgan fingerprint density at radius 1 is 1.67 bits per heavy atom. The number of amides is 1. The number of nitrogens with one attached hydrogen (secondary N) is 2. The Bertz CT molecular complexity index is 287. The highest BCUT2D eigenvalue weighted by Crippen LogP contribution is 2.14. The van der Waals surface area contributed by atoms with Gasteiger partial charge in [-0.1, -0.05) is 0 Å². The summed E-state index contributed by atoms with van der Waals surface area (Å²) >= 11 is 1.65. The molecule has 0 saturated carbocycles. The van der Waals surface area contributed by atoms with Gasteiger partial charge in [-0.15, -0.1) is 11.3 Å². The molecule has 1 aromatic heterocycles. The summed E-state index contributed by atoms with van der Waals surface area (Å²) in [6, 6.07) is 0.273. The fourth-order valence-electron chi connectivity index (χ4n) is 1.23. The summed E-state index contributed by atoms with van der Waals surface area (Å²) in [5, 5.41) is 9.00. The second kappa shape index (κ2) is 6.53. The first-order valence-corrected chi connectivity index (χ1v) is 5.95. The first kappa shape index (κ1) is 12.1. The van der Waals surface area contributed by atoms with Crippen LogP contribution in [0, 0.1) is 0 Å². The number of hydrogen-bond donors (Lipinski definition) is 2. The summed E-state index contributed by atoms with van der Waals surface area (Å²) in [6.07, 6.45) is 3.24. The van der Waals surface area contributed by atoms with Crippen molar-refractivity contribution in [3.63, 3.8) is 0 Å². The van der Waals surface area contributed by atoms with E-state index in [-0.39, 0.29) is 11.9 Å². The molecule has 0 aromatic carbocycles. The Kier molecular flexibility index (Phi) is 5.28. The van der Waals surface area contributed by atoms with Crippen molar-refractivity contribution in [2.24, 2.45) is 0 Å². The third-order valence-corrected chi connectivity index (χ3v) is 3.09. The lowest BCUT2D eigenvalue weighted by Gasteiger charge is -2.10. The van der Waals surface area contributed by atoms with Gasteiger partial charge in [0.05, 0.1) is 6.04 Å². The van der Waals surface area contributed by atoms with Gasteiger partial charge in [0.1, 0.15) is 5.01 Å². The minimum atomic E-state index is 0.0960. The van der Waals surface area contributed by atoms with Crippen molar-refractivity contribution in [3.8, 4) is 0 Å². The zero-order valence-corrected chi connectivity index (χ0v) is 9.93. The zero-order chi connectivity index (χ0) is 11.1. The zero-order valence-electron chi connectivity index (χ0n) is 9.12. The smallest absolute Gasteiger partial charge is 0.219 e. The number of nitrogens with zero attached hydrogens (tertiary/aromatic N) is 1. The second-order valence-electron chi connectivity index (χ2n) is 3.32. The van der Waals surface area contributed by atoms with Gasteiger partial charge < -0.3 is 10.6 Å².